The van der Waals surface area contributed by atoms with Crippen LogP contribution in [0.1, 0.15) is 43.1 Å². The minimum Gasteiger partial charge on any atom is -0.140 e. The van der Waals surface area contributed by atoms with Gasteiger partial charge in [0.1, 0.15) is 0 Å². The van der Waals surface area contributed by atoms with E-state index in [4.69, 9.17) is 0 Å². The third-order valence-electron chi connectivity index (χ3n) is 7.91. The van der Waals surface area contributed by atoms with Gasteiger partial charge >= 0.3 is 0 Å². The second-order valence-corrected chi connectivity index (χ2v) is 12.6. The Kier molecular flexibility index (Phi) is 5.51. The van der Waals surface area contributed by atoms with E-state index in [9.17, 15) is 0 Å². The molecule has 0 N–H and O–H groups in total. The average Bonchev–Trinajstić information content (AvgIpc) is 3.53. The summed E-state index contributed by atoms with van der Waals surface area (Å²) < 4.78 is 0. The minimum atomic E-state index is 1.30. The first kappa shape index (κ1) is 23.4. The molecule has 6 aromatic rings. The number of hydrogen-bond acceptors (Lipinski definition) is 2. The number of rotatable bonds is 4. The highest BCUT2D eigenvalue weighted by Crippen LogP contribution is 2.54. The van der Waals surface area contributed by atoms with Crippen LogP contribution in [-0.2, 0) is 0 Å². The van der Waals surface area contributed by atoms with E-state index < -0.39 is 0 Å². The molecule has 38 heavy (non-hydrogen) atoms. The standard InChI is InChI=1S/C36H28S2/c1-21-30(23(3)37-35(21)26-13-7-5-8-14-26)33-28-19-11-17-25-18-12-20-29(32(25)28)34(33)31-22(2)36(38-24(31)4)27-15-9-6-10-16-27/h5-20H,1-4H3. The molecule has 0 atom stereocenters. The van der Waals surface area contributed by atoms with Crippen molar-refractivity contribution in [3.05, 3.63) is 140 Å². The number of benzene rings is 4. The first-order chi connectivity index (χ1) is 18.5. The zero-order valence-corrected chi connectivity index (χ0v) is 23.7. The smallest absolute Gasteiger partial charge is 0.0381 e. The van der Waals surface area contributed by atoms with Crippen LogP contribution in [0.3, 0.4) is 0 Å². The lowest BCUT2D eigenvalue weighted by Gasteiger charge is -2.14. The highest BCUT2D eigenvalue weighted by molar-refractivity contribution is 7.16. The molecule has 7 rings (SSSR count). The molecular formula is C36H28S2. The SMILES string of the molecule is Cc1sc(-c2ccccc2)c(C)c1C1=C(c2c(C)sc(-c3ccccc3)c2C)c2cccc3cccc1c23. The van der Waals surface area contributed by atoms with Crippen molar-refractivity contribution in [3.8, 4) is 20.9 Å². The topological polar surface area (TPSA) is 0 Å². The van der Waals surface area contributed by atoms with Gasteiger partial charge in [-0.05, 0) is 83.0 Å². The molecule has 2 heterocycles. The summed E-state index contributed by atoms with van der Waals surface area (Å²) in [6.45, 7) is 9.24. The molecule has 0 aliphatic heterocycles. The lowest BCUT2D eigenvalue weighted by atomic mass is 9.88. The predicted molar refractivity (Wildman–Crippen MR) is 167 cm³/mol. The van der Waals surface area contributed by atoms with E-state index in [-0.39, 0.29) is 0 Å². The fraction of sp³-hybridized carbons (Fsp3) is 0.111. The summed E-state index contributed by atoms with van der Waals surface area (Å²) in [5.74, 6) is 0. The van der Waals surface area contributed by atoms with E-state index in [0.29, 0.717) is 0 Å². The first-order valence-corrected chi connectivity index (χ1v) is 14.8. The van der Waals surface area contributed by atoms with E-state index in [1.54, 1.807) is 0 Å². The normalized spacial score (nSPS) is 12.6. The summed E-state index contributed by atoms with van der Waals surface area (Å²) in [5, 5.41) is 2.70. The number of aryl methyl sites for hydroxylation is 2. The molecule has 184 valence electrons. The van der Waals surface area contributed by atoms with Gasteiger partial charge in [0.15, 0.2) is 0 Å². The van der Waals surface area contributed by atoms with Gasteiger partial charge in [-0.3, -0.25) is 0 Å². The lowest BCUT2D eigenvalue weighted by Crippen LogP contribution is -1.95. The van der Waals surface area contributed by atoms with Crippen LogP contribution in [0.25, 0.3) is 42.8 Å². The van der Waals surface area contributed by atoms with Gasteiger partial charge < -0.3 is 0 Å². The molecule has 0 spiro atoms. The van der Waals surface area contributed by atoms with E-state index in [1.165, 1.54) is 85.9 Å². The largest absolute Gasteiger partial charge is 0.140 e. The Morgan fingerprint density at radius 2 is 0.868 bits per heavy atom. The van der Waals surface area contributed by atoms with Crippen molar-refractivity contribution >= 4 is 44.6 Å². The Morgan fingerprint density at radius 3 is 1.29 bits per heavy atom. The van der Waals surface area contributed by atoms with Crippen LogP contribution in [0.15, 0.2) is 97.1 Å². The molecule has 0 bridgehead atoms. The molecule has 1 aliphatic rings. The fourth-order valence-electron chi connectivity index (χ4n) is 6.32. The van der Waals surface area contributed by atoms with Gasteiger partial charge in [-0.1, -0.05) is 97.1 Å². The molecule has 2 heteroatoms. The quantitative estimate of drug-likeness (QED) is 0.215. The molecule has 0 amide bonds. The highest BCUT2D eigenvalue weighted by Gasteiger charge is 2.32. The Balaban J connectivity index is 1.57. The third-order valence-corrected chi connectivity index (χ3v) is 10.4. The van der Waals surface area contributed by atoms with E-state index >= 15 is 0 Å². The maximum atomic E-state index is 2.34. The van der Waals surface area contributed by atoms with Crippen molar-refractivity contribution in [3.63, 3.8) is 0 Å². The van der Waals surface area contributed by atoms with Crippen LogP contribution in [0.2, 0.25) is 0 Å². The average molecular weight is 525 g/mol. The van der Waals surface area contributed by atoms with E-state index in [2.05, 4.69) is 125 Å². The summed E-state index contributed by atoms with van der Waals surface area (Å²) >= 11 is 3.85. The molecule has 0 radical (unpaired) electrons. The van der Waals surface area contributed by atoms with Gasteiger partial charge in [-0.25, -0.2) is 0 Å². The van der Waals surface area contributed by atoms with E-state index in [1.807, 2.05) is 22.7 Å². The molecule has 0 nitrogen and oxygen atoms in total. The van der Waals surface area contributed by atoms with Gasteiger partial charge in [0, 0.05) is 30.6 Å². The van der Waals surface area contributed by atoms with Crippen LogP contribution in [0, 0.1) is 27.7 Å². The van der Waals surface area contributed by atoms with Gasteiger partial charge in [-0.15, -0.1) is 22.7 Å². The Morgan fingerprint density at radius 1 is 0.447 bits per heavy atom. The van der Waals surface area contributed by atoms with Gasteiger partial charge in [0.05, 0.1) is 0 Å². The molecule has 1 aliphatic carbocycles. The molecule has 0 fully saturated rings. The summed E-state index contributed by atoms with van der Waals surface area (Å²) in [6.07, 6.45) is 0. The summed E-state index contributed by atoms with van der Waals surface area (Å²) in [4.78, 5) is 5.51. The summed E-state index contributed by atoms with van der Waals surface area (Å²) in [5.41, 5.74) is 13.7. The second kappa shape index (κ2) is 8.94. The molecule has 0 saturated heterocycles. The fourth-order valence-corrected chi connectivity index (χ4v) is 8.66. The van der Waals surface area contributed by atoms with Crippen LogP contribution >= 0.6 is 22.7 Å². The zero-order chi connectivity index (χ0) is 26.0. The van der Waals surface area contributed by atoms with Crippen LogP contribution in [-0.4, -0.2) is 0 Å². The molecular weight excluding hydrogens is 497 g/mol. The lowest BCUT2D eigenvalue weighted by molar-refractivity contribution is 1.42. The maximum Gasteiger partial charge on any atom is 0.0381 e. The monoisotopic (exact) mass is 524 g/mol. The number of thiophene rings is 2. The van der Waals surface area contributed by atoms with Crippen molar-refractivity contribution in [1.82, 2.24) is 0 Å². The highest BCUT2D eigenvalue weighted by atomic mass is 32.1. The molecule has 4 aromatic carbocycles. The van der Waals surface area contributed by atoms with Crippen LogP contribution in [0.4, 0.5) is 0 Å². The van der Waals surface area contributed by atoms with Crippen molar-refractivity contribution in [1.29, 1.82) is 0 Å². The minimum absolute atomic E-state index is 1.30. The van der Waals surface area contributed by atoms with Crippen molar-refractivity contribution in [2.45, 2.75) is 27.7 Å². The van der Waals surface area contributed by atoms with Gasteiger partial charge in [0.25, 0.3) is 0 Å². The van der Waals surface area contributed by atoms with Crippen molar-refractivity contribution < 1.29 is 0 Å². The molecule has 0 saturated carbocycles. The predicted octanol–water partition coefficient (Wildman–Crippen LogP) is 10.9. The van der Waals surface area contributed by atoms with Crippen molar-refractivity contribution in [2.24, 2.45) is 0 Å². The van der Waals surface area contributed by atoms with E-state index in [0.717, 1.165) is 0 Å². The third kappa shape index (κ3) is 3.41. The van der Waals surface area contributed by atoms with Crippen molar-refractivity contribution in [2.75, 3.05) is 0 Å². The van der Waals surface area contributed by atoms with Crippen LogP contribution < -0.4 is 0 Å². The van der Waals surface area contributed by atoms with Gasteiger partial charge in [0.2, 0.25) is 0 Å². The summed E-state index contributed by atoms with van der Waals surface area (Å²) in [7, 11) is 0. The zero-order valence-electron chi connectivity index (χ0n) is 22.1. The Labute approximate surface area is 232 Å². The maximum absolute atomic E-state index is 2.34. The second-order valence-electron chi connectivity index (χ2n) is 10.2. The molecule has 0 unspecified atom stereocenters. The first-order valence-electron chi connectivity index (χ1n) is 13.1. The van der Waals surface area contributed by atoms with Crippen LogP contribution in [0.5, 0.6) is 0 Å². The Bertz CT molecular complexity index is 1740. The summed E-state index contributed by atoms with van der Waals surface area (Å²) in [6, 6.07) is 35.4. The number of hydrogen-bond donors (Lipinski definition) is 0. The molecule has 2 aromatic heterocycles. The Hall–Kier alpha value is -3.72. The van der Waals surface area contributed by atoms with Gasteiger partial charge in [-0.2, -0.15) is 0 Å².